The molecule has 3 nitrogen and oxygen atoms in total. The summed E-state index contributed by atoms with van der Waals surface area (Å²) < 4.78 is 0. The largest absolute Gasteiger partial charge is 0.391 e. The Morgan fingerprint density at radius 1 is 1.05 bits per heavy atom. The van der Waals surface area contributed by atoms with Crippen molar-refractivity contribution in [3.05, 3.63) is 35.9 Å². The molecule has 2 fully saturated rings. The highest BCUT2D eigenvalue weighted by molar-refractivity contribution is 5.14. The van der Waals surface area contributed by atoms with E-state index in [-0.39, 0.29) is 6.10 Å². The van der Waals surface area contributed by atoms with Crippen molar-refractivity contribution < 1.29 is 5.11 Å². The minimum atomic E-state index is -0.134. The molecule has 2 aliphatic heterocycles. The van der Waals surface area contributed by atoms with Gasteiger partial charge in [-0.05, 0) is 37.9 Å². The standard InChI is InChI=1S/C16H24N2O/c19-16-8-11-17(12-14-6-2-1-3-7-14)13-15(16)18-9-4-5-10-18/h1-3,6-7,15-16,19H,4-5,8-13H2/t15-,16-/m1/s1. The molecule has 0 aliphatic carbocycles. The first-order chi connectivity index (χ1) is 9.33. The van der Waals surface area contributed by atoms with Crippen molar-refractivity contribution >= 4 is 0 Å². The van der Waals surface area contributed by atoms with Gasteiger partial charge < -0.3 is 5.11 Å². The van der Waals surface area contributed by atoms with Gasteiger partial charge in [0.1, 0.15) is 0 Å². The lowest BCUT2D eigenvalue weighted by Gasteiger charge is -2.40. The maximum Gasteiger partial charge on any atom is 0.0720 e. The molecule has 1 aromatic carbocycles. The van der Waals surface area contributed by atoms with Crippen LogP contribution in [-0.2, 0) is 6.54 Å². The summed E-state index contributed by atoms with van der Waals surface area (Å²) in [6.45, 7) is 5.37. The predicted octanol–water partition coefficient (Wildman–Crippen LogP) is 1.72. The van der Waals surface area contributed by atoms with Crippen LogP contribution in [0, 0.1) is 0 Å². The highest BCUT2D eigenvalue weighted by atomic mass is 16.3. The molecule has 0 spiro atoms. The second-order valence-corrected chi connectivity index (χ2v) is 5.89. The number of aliphatic hydroxyl groups is 1. The predicted molar refractivity (Wildman–Crippen MR) is 76.9 cm³/mol. The molecule has 19 heavy (non-hydrogen) atoms. The zero-order valence-electron chi connectivity index (χ0n) is 11.5. The van der Waals surface area contributed by atoms with E-state index in [1.807, 2.05) is 0 Å². The van der Waals surface area contributed by atoms with Gasteiger partial charge in [0.25, 0.3) is 0 Å². The first kappa shape index (κ1) is 13.1. The summed E-state index contributed by atoms with van der Waals surface area (Å²) in [4.78, 5) is 4.98. The maximum absolute atomic E-state index is 10.2. The Bertz CT molecular complexity index is 389. The molecule has 2 heterocycles. The zero-order valence-corrected chi connectivity index (χ0v) is 11.5. The zero-order chi connectivity index (χ0) is 13.1. The Balaban J connectivity index is 1.61. The highest BCUT2D eigenvalue weighted by Crippen LogP contribution is 2.22. The van der Waals surface area contributed by atoms with Gasteiger partial charge >= 0.3 is 0 Å². The Morgan fingerprint density at radius 2 is 1.79 bits per heavy atom. The number of rotatable bonds is 3. The molecule has 1 N–H and O–H groups in total. The Morgan fingerprint density at radius 3 is 2.53 bits per heavy atom. The fourth-order valence-electron chi connectivity index (χ4n) is 3.40. The smallest absolute Gasteiger partial charge is 0.0720 e. The number of nitrogens with zero attached hydrogens (tertiary/aromatic N) is 2. The van der Waals surface area contributed by atoms with Crippen molar-refractivity contribution in [2.45, 2.75) is 38.0 Å². The van der Waals surface area contributed by atoms with Gasteiger partial charge in [0.05, 0.1) is 6.10 Å². The highest BCUT2D eigenvalue weighted by Gasteiger charge is 2.33. The summed E-state index contributed by atoms with van der Waals surface area (Å²) in [6.07, 6.45) is 3.36. The lowest BCUT2D eigenvalue weighted by Crippen LogP contribution is -2.54. The molecule has 0 unspecified atom stereocenters. The third-order valence-corrected chi connectivity index (χ3v) is 4.49. The van der Waals surface area contributed by atoms with Crippen molar-refractivity contribution in [1.82, 2.24) is 9.80 Å². The number of hydrogen-bond donors (Lipinski definition) is 1. The van der Waals surface area contributed by atoms with Crippen LogP contribution in [0.5, 0.6) is 0 Å². The van der Waals surface area contributed by atoms with Gasteiger partial charge in [-0.15, -0.1) is 0 Å². The van der Waals surface area contributed by atoms with Gasteiger partial charge in [0, 0.05) is 25.7 Å². The third kappa shape index (κ3) is 3.16. The first-order valence-corrected chi connectivity index (χ1v) is 7.51. The summed E-state index contributed by atoms with van der Waals surface area (Å²) >= 11 is 0. The molecule has 2 atom stereocenters. The first-order valence-electron chi connectivity index (χ1n) is 7.51. The average molecular weight is 260 g/mol. The molecule has 3 rings (SSSR count). The van der Waals surface area contributed by atoms with E-state index >= 15 is 0 Å². The lowest BCUT2D eigenvalue weighted by molar-refractivity contribution is -0.00525. The van der Waals surface area contributed by atoms with Gasteiger partial charge in [-0.2, -0.15) is 0 Å². The van der Waals surface area contributed by atoms with E-state index < -0.39 is 0 Å². The summed E-state index contributed by atoms with van der Waals surface area (Å²) in [5, 5.41) is 10.2. The Labute approximate surface area is 115 Å². The molecular weight excluding hydrogens is 236 g/mol. The fraction of sp³-hybridized carbons (Fsp3) is 0.625. The van der Waals surface area contributed by atoms with Gasteiger partial charge in [0.15, 0.2) is 0 Å². The van der Waals surface area contributed by atoms with E-state index in [4.69, 9.17) is 0 Å². The van der Waals surface area contributed by atoms with Crippen LogP contribution >= 0.6 is 0 Å². The van der Waals surface area contributed by atoms with E-state index in [1.165, 1.54) is 31.5 Å². The summed E-state index contributed by atoms with van der Waals surface area (Å²) in [6, 6.07) is 11.0. The van der Waals surface area contributed by atoms with E-state index in [0.29, 0.717) is 6.04 Å². The molecular formula is C16H24N2O. The number of benzene rings is 1. The monoisotopic (exact) mass is 260 g/mol. The van der Waals surface area contributed by atoms with Gasteiger partial charge in [0.2, 0.25) is 0 Å². The molecule has 104 valence electrons. The quantitative estimate of drug-likeness (QED) is 0.896. The van der Waals surface area contributed by atoms with Crippen molar-refractivity contribution in [2.24, 2.45) is 0 Å². The number of hydrogen-bond acceptors (Lipinski definition) is 3. The van der Waals surface area contributed by atoms with Crippen LogP contribution < -0.4 is 0 Å². The number of piperidine rings is 1. The van der Waals surface area contributed by atoms with Crippen molar-refractivity contribution in [3.63, 3.8) is 0 Å². The third-order valence-electron chi connectivity index (χ3n) is 4.49. The van der Waals surface area contributed by atoms with Crippen LogP contribution in [0.3, 0.4) is 0 Å². The number of likely N-dealkylation sites (tertiary alicyclic amines) is 2. The van der Waals surface area contributed by atoms with Gasteiger partial charge in [-0.25, -0.2) is 0 Å². The molecule has 0 saturated carbocycles. The van der Waals surface area contributed by atoms with E-state index in [9.17, 15) is 5.11 Å². The summed E-state index contributed by atoms with van der Waals surface area (Å²) in [5.74, 6) is 0. The molecule has 3 heteroatoms. The van der Waals surface area contributed by atoms with Crippen molar-refractivity contribution in [1.29, 1.82) is 0 Å². The fourth-order valence-corrected chi connectivity index (χ4v) is 3.40. The van der Waals surface area contributed by atoms with Crippen LogP contribution in [0.1, 0.15) is 24.8 Å². The molecule has 1 aromatic rings. The Hall–Kier alpha value is -0.900. The molecule has 0 aromatic heterocycles. The van der Waals surface area contributed by atoms with Crippen LogP contribution in [0.2, 0.25) is 0 Å². The van der Waals surface area contributed by atoms with E-state index in [2.05, 4.69) is 40.1 Å². The van der Waals surface area contributed by atoms with Crippen LogP contribution in [0.15, 0.2) is 30.3 Å². The minimum Gasteiger partial charge on any atom is -0.391 e. The molecule has 2 aliphatic rings. The summed E-state index contributed by atoms with van der Waals surface area (Å²) in [5.41, 5.74) is 1.37. The lowest BCUT2D eigenvalue weighted by atomic mass is 10.00. The van der Waals surface area contributed by atoms with Crippen molar-refractivity contribution in [2.75, 3.05) is 26.2 Å². The SMILES string of the molecule is O[C@@H]1CCN(Cc2ccccc2)C[C@H]1N1CCCC1. The molecule has 0 amide bonds. The van der Waals surface area contributed by atoms with Crippen LogP contribution in [-0.4, -0.2) is 53.2 Å². The minimum absolute atomic E-state index is 0.134. The second-order valence-electron chi connectivity index (χ2n) is 5.89. The molecule has 0 radical (unpaired) electrons. The van der Waals surface area contributed by atoms with E-state index in [1.54, 1.807) is 0 Å². The van der Waals surface area contributed by atoms with Gasteiger partial charge in [-0.1, -0.05) is 30.3 Å². The maximum atomic E-state index is 10.2. The van der Waals surface area contributed by atoms with Crippen molar-refractivity contribution in [3.8, 4) is 0 Å². The molecule has 2 saturated heterocycles. The normalized spacial score (nSPS) is 29.7. The second kappa shape index (κ2) is 6.04. The van der Waals surface area contributed by atoms with E-state index in [0.717, 1.165) is 26.1 Å². The van der Waals surface area contributed by atoms with Crippen LogP contribution in [0.25, 0.3) is 0 Å². The number of aliphatic hydroxyl groups excluding tert-OH is 1. The van der Waals surface area contributed by atoms with Gasteiger partial charge in [-0.3, -0.25) is 9.80 Å². The van der Waals surface area contributed by atoms with Crippen LogP contribution in [0.4, 0.5) is 0 Å². The average Bonchev–Trinajstić information content (AvgIpc) is 2.96. The molecule has 0 bridgehead atoms. The summed E-state index contributed by atoms with van der Waals surface area (Å²) in [7, 11) is 0. The topological polar surface area (TPSA) is 26.7 Å². The Kier molecular flexibility index (Phi) is 4.16.